The summed E-state index contributed by atoms with van der Waals surface area (Å²) in [6, 6.07) is 7.41. The van der Waals surface area contributed by atoms with E-state index < -0.39 is 0 Å². The molecule has 1 aromatic carbocycles. The van der Waals surface area contributed by atoms with Crippen LogP contribution in [0.1, 0.15) is 30.3 Å². The lowest BCUT2D eigenvalue weighted by atomic mass is 9.84. The number of nitrogens with zero attached hydrogens (tertiary/aromatic N) is 2. The van der Waals surface area contributed by atoms with E-state index in [0.717, 1.165) is 30.3 Å². The second kappa shape index (κ2) is 8.97. The second-order valence-corrected chi connectivity index (χ2v) is 8.36. The third-order valence-electron chi connectivity index (χ3n) is 5.62. The van der Waals surface area contributed by atoms with Crippen LogP contribution in [0.2, 0.25) is 5.02 Å². The van der Waals surface area contributed by atoms with Crippen LogP contribution in [0.4, 0.5) is 0 Å². The van der Waals surface area contributed by atoms with Crippen LogP contribution in [0.25, 0.3) is 10.9 Å². The van der Waals surface area contributed by atoms with Crippen molar-refractivity contribution in [2.24, 2.45) is 11.8 Å². The number of benzene rings is 1. The van der Waals surface area contributed by atoms with Crippen molar-refractivity contribution >= 4 is 34.3 Å². The monoisotopic (exact) mass is 404 g/mol. The predicted molar refractivity (Wildman–Crippen MR) is 113 cm³/mol. The molecule has 7 heteroatoms. The van der Waals surface area contributed by atoms with E-state index in [1.165, 1.54) is 0 Å². The van der Waals surface area contributed by atoms with Crippen LogP contribution in [0, 0.1) is 11.8 Å². The molecule has 152 valence electrons. The zero-order valence-corrected chi connectivity index (χ0v) is 17.6. The van der Waals surface area contributed by atoms with E-state index in [1.54, 1.807) is 0 Å². The van der Waals surface area contributed by atoms with Crippen LogP contribution in [-0.2, 0) is 4.79 Å². The van der Waals surface area contributed by atoms with Gasteiger partial charge in [0.2, 0.25) is 5.91 Å². The number of rotatable bonds is 6. The minimum absolute atomic E-state index is 0.00820. The van der Waals surface area contributed by atoms with Crippen molar-refractivity contribution in [1.82, 2.24) is 20.1 Å². The van der Waals surface area contributed by atoms with Crippen LogP contribution < -0.4 is 5.32 Å². The summed E-state index contributed by atoms with van der Waals surface area (Å²) in [5.41, 5.74) is 1.50. The average Bonchev–Trinajstić information content (AvgIpc) is 3.09. The summed E-state index contributed by atoms with van der Waals surface area (Å²) in [7, 11) is 3.98. The van der Waals surface area contributed by atoms with E-state index in [4.69, 9.17) is 11.6 Å². The molecule has 28 heavy (non-hydrogen) atoms. The number of hydrogen-bond acceptors (Lipinski definition) is 3. The molecule has 2 N–H and O–H groups in total. The summed E-state index contributed by atoms with van der Waals surface area (Å²) in [4.78, 5) is 32.3. The first kappa shape index (κ1) is 20.7. The lowest BCUT2D eigenvalue weighted by Crippen LogP contribution is -2.43. The normalized spacial score (nSPS) is 16.5. The number of aromatic nitrogens is 1. The highest BCUT2D eigenvalue weighted by molar-refractivity contribution is 6.31. The number of likely N-dealkylation sites (tertiary alicyclic amines) is 1. The first-order chi connectivity index (χ1) is 13.3. The number of carbonyl (C=O) groups excluding carboxylic acids is 2. The van der Waals surface area contributed by atoms with E-state index in [-0.39, 0.29) is 17.7 Å². The molecule has 3 rings (SSSR count). The minimum Gasteiger partial charge on any atom is -0.355 e. The number of aromatic amines is 1. The Morgan fingerprint density at radius 1 is 1.29 bits per heavy atom. The van der Waals surface area contributed by atoms with Gasteiger partial charge in [-0.2, -0.15) is 0 Å². The van der Waals surface area contributed by atoms with E-state index in [0.29, 0.717) is 36.3 Å². The number of carbonyl (C=O) groups is 2. The third-order valence-corrected chi connectivity index (χ3v) is 5.85. The molecule has 1 fully saturated rings. The van der Waals surface area contributed by atoms with Crippen LogP contribution >= 0.6 is 11.6 Å². The Kier molecular flexibility index (Phi) is 6.62. The van der Waals surface area contributed by atoms with E-state index in [1.807, 2.05) is 55.1 Å². The molecule has 1 aliphatic rings. The molecule has 0 saturated carbocycles. The van der Waals surface area contributed by atoms with Gasteiger partial charge in [0.05, 0.1) is 0 Å². The highest BCUT2D eigenvalue weighted by Gasteiger charge is 2.30. The lowest BCUT2D eigenvalue weighted by Gasteiger charge is -2.34. The van der Waals surface area contributed by atoms with Gasteiger partial charge in [-0.05, 0) is 57.1 Å². The predicted octanol–water partition coefficient (Wildman–Crippen LogP) is 2.99. The topological polar surface area (TPSA) is 68.4 Å². The molecular weight excluding hydrogens is 376 g/mol. The molecule has 1 aromatic heterocycles. The third kappa shape index (κ3) is 4.86. The molecule has 0 unspecified atom stereocenters. The molecule has 0 aliphatic carbocycles. The summed E-state index contributed by atoms with van der Waals surface area (Å²) < 4.78 is 0. The summed E-state index contributed by atoms with van der Waals surface area (Å²) in [6.45, 7) is 4.84. The van der Waals surface area contributed by atoms with Crippen molar-refractivity contribution in [3.63, 3.8) is 0 Å². The maximum Gasteiger partial charge on any atom is 0.270 e. The fourth-order valence-corrected chi connectivity index (χ4v) is 3.95. The summed E-state index contributed by atoms with van der Waals surface area (Å²) in [5, 5.41) is 4.61. The van der Waals surface area contributed by atoms with E-state index >= 15 is 0 Å². The Hall–Kier alpha value is -2.05. The summed E-state index contributed by atoms with van der Waals surface area (Å²) >= 11 is 6.03. The molecule has 2 aromatic rings. The van der Waals surface area contributed by atoms with Gasteiger partial charge in [-0.25, -0.2) is 0 Å². The molecule has 1 aliphatic heterocycles. The fraction of sp³-hybridized carbons (Fsp3) is 0.524. The van der Waals surface area contributed by atoms with Crippen molar-refractivity contribution in [3.8, 4) is 0 Å². The van der Waals surface area contributed by atoms with Crippen molar-refractivity contribution in [3.05, 3.63) is 35.0 Å². The van der Waals surface area contributed by atoms with Crippen molar-refractivity contribution in [2.75, 3.05) is 40.3 Å². The molecule has 1 saturated heterocycles. The van der Waals surface area contributed by atoms with Gasteiger partial charge in [-0.15, -0.1) is 0 Å². The first-order valence-corrected chi connectivity index (χ1v) is 10.2. The summed E-state index contributed by atoms with van der Waals surface area (Å²) in [5.74, 6) is 0.396. The molecule has 2 heterocycles. The number of fused-ring (bicyclic) bond motifs is 1. The summed E-state index contributed by atoms with van der Waals surface area (Å²) in [6.07, 6.45) is 1.69. The van der Waals surface area contributed by atoms with Gasteiger partial charge in [0.1, 0.15) is 5.69 Å². The average molecular weight is 405 g/mol. The largest absolute Gasteiger partial charge is 0.355 e. The first-order valence-electron chi connectivity index (χ1n) is 9.85. The van der Waals surface area contributed by atoms with Crippen LogP contribution in [0.15, 0.2) is 24.3 Å². The van der Waals surface area contributed by atoms with Gasteiger partial charge in [-0.1, -0.05) is 18.5 Å². The van der Waals surface area contributed by atoms with Crippen LogP contribution in [0.5, 0.6) is 0 Å². The molecule has 0 radical (unpaired) electrons. The zero-order valence-electron chi connectivity index (χ0n) is 16.8. The molecular formula is C21H29ClN4O2. The molecule has 0 bridgehead atoms. The number of amides is 2. The van der Waals surface area contributed by atoms with E-state index in [2.05, 4.69) is 10.3 Å². The maximum atomic E-state index is 12.8. The van der Waals surface area contributed by atoms with Gasteiger partial charge in [0.15, 0.2) is 0 Å². The van der Waals surface area contributed by atoms with Crippen molar-refractivity contribution < 1.29 is 9.59 Å². The maximum absolute atomic E-state index is 12.8. The van der Waals surface area contributed by atoms with Gasteiger partial charge in [-0.3, -0.25) is 9.59 Å². The van der Waals surface area contributed by atoms with E-state index in [9.17, 15) is 9.59 Å². The van der Waals surface area contributed by atoms with Gasteiger partial charge in [0, 0.05) is 48.0 Å². The minimum atomic E-state index is -0.0327. The Labute approximate surface area is 171 Å². The number of piperidine rings is 1. The van der Waals surface area contributed by atoms with Crippen molar-refractivity contribution in [1.29, 1.82) is 0 Å². The van der Waals surface area contributed by atoms with Crippen LogP contribution in [-0.4, -0.2) is 66.9 Å². The highest BCUT2D eigenvalue weighted by atomic mass is 35.5. The highest BCUT2D eigenvalue weighted by Crippen LogP contribution is 2.27. The number of nitrogens with one attached hydrogen (secondary N) is 2. The van der Waals surface area contributed by atoms with Gasteiger partial charge < -0.3 is 20.1 Å². The Bertz CT molecular complexity index is 840. The Morgan fingerprint density at radius 2 is 2.00 bits per heavy atom. The lowest BCUT2D eigenvalue weighted by molar-refractivity contribution is -0.126. The Morgan fingerprint density at radius 3 is 2.68 bits per heavy atom. The number of H-pyrrole nitrogens is 1. The van der Waals surface area contributed by atoms with Crippen molar-refractivity contribution in [2.45, 2.75) is 19.8 Å². The van der Waals surface area contributed by atoms with Crippen LogP contribution in [0.3, 0.4) is 0 Å². The fourth-order valence-electron chi connectivity index (χ4n) is 3.77. The van der Waals surface area contributed by atoms with Gasteiger partial charge in [0.25, 0.3) is 5.91 Å². The smallest absolute Gasteiger partial charge is 0.270 e. The van der Waals surface area contributed by atoms with Gasteiger partial charge >= 0.3 is 0 Å². The number of hydrogen-bond donors (Lipinski definition) is 2. The molecule has 0 spiro atoms. The SMILES string of the molecule is C[C@@H](C(=O)NCCN(C)C)C1CCN(C(=O)c2cc3cc(Cl)ccc3[nH]2)CC1. The number of likely N-dealkylation sites (N-methyl/N-ethyl adjacent to an activating group) is 1. The second-order valence-electron chi connectivity index (χ2n) is 7.93. The Balaban J connectivity index is 1.53. The standard InChI is InChI=1S/C21H29ClN4O2/c1-14(20(27)23-8-11-25(2)3)15-6-9-26(10-7-15)21(28)19-13-16-12-17(22)4-5-18(16)24-19/h4-5,12-15,24H,6-11H2,1-3H3,(H,23,27)/t14-/m1/s1. The zero-order chi connectivity index (χ0) is 20.3. The molecule has 1 atom stereocenters. The molecule has 6 nitrogen and oxygen atoms in total. The number of halogens is 1. The quantitative estimate of drug-likeness (QED) is 0.777. The molecule has 2 amide bonds.